The van der Waals surface area contributed by atoms with E-state index in [1.165, 1.54) is 18.2 Å². The maximum absolute atomic E-state index is 13.2. The van der Waals surface area contributed by atoms with Crippen LogP contribution in [0.25, 0.3) is 11.5 Å². The number of nitrogens with zero attached hydrogens (tertiary/aromatic N) is 4. The van der Waals surface area contributed by atoms with Crippen molar-refractivity contribution in [2.24, 2.45) is 0 Å². The number of hydrogen-bond donors (Lipinski definition) is 0. The van der Waals surface area contributed by atoms with Crippen LogP contribution in [0.3, 0.4) is 0 Å². The molecule has 0 bridgehead atoms. The van der Waals surface area contributed by atoms with E-state index in [-0.39, 0.29) is 11.8 Å². The molecular formula is C19H11F7N4O. The maximum Gasteiger partial charge on any atom is 0.417 e. The lowest BCUT2D eigenvalue weighted by molar-refractivity contribution is -0.137. The van der Waals surface area contributed by atoms with Gasteiger partial charge in [-0.15, -0.1) is 10.2 Å². The van der Waals surface area contributed by atoms with Crippen LogP contribution in [-0.4, -0.2) is 22.9 Å². The molecule has 0 unspecified atom stereocenters. The maximum atomic E-state index is 13.2. The van der Waals surface area contributed by atoms with Crippen molar-refractivity contribution in [3.63, 3.8) is 0 Å². The van der Waals surface area contributed by atoms with Gasteiger partial charge in [-0.3, -0.25) is 0 Å². The molecule has 0 spiro atoms. The second kappa shape index (κ2) is 8.25. The lowest BCUT2D eigenvalue weighted by Crippen LogP contribution is -2.34. The lowest BCUT2D eigenvalue weighted by Gasteiger charge is -2.25. The predicted molar refractivity (Wildman–Crippen MR) is 93.0 cm³/mol. The van der Waals surface area contributed by atoms with Gasteiger partial charge in [-0.05, 0) is 42.5 Å². The van der Waals surface area contributed by atoms with Crippen molar-refractivity contribution in [2.75, 3.05) is 11.4 Å². The Hall–Kier alpha value is -3.62. The molecule has 0 aliphatic rings. The molecule has 3 rings (SSSR count). The Morgan fingerprint density at radius 3 is 2.23 bits per heavy atom. The van der Waals surface area contributed by atoms with Crippen LogP contribution in [0.1, 0.15) is 17.0 Å². The summed E-state index contributed by atoms with van der Waals surface area (Å²) in [6.07, 6.45) is -9.70. The van der Waals surface area contributed by atoms with Gasteiger partial charge in [-0.25, -0.2) is 4.39 Å². The summed E-state index contributed by atoms with van der Waals surface area (Å²) >= 11 is 0. The Bertz CT molecular complexity index is 1100. The van der Waals surface area contributed by atoms with Crippen molar-refractivity contribution in [3.8, 4) is 17.5 Å². The third-order valence-corrected chi connectivity index (χ3v) is 4.05. The van der Waals surface area contributed by atoms with Crippen LogP contribution < -0.4 is 4.90 Å². The topological polar surface area (TPSA) is 66.0 Å². The highest BCUT2D eigenvalue weighted by atomic mass is 19.4. The van der Waals surface area contributed by atoms with Gasteiger partial charge in [-0.1, -0.05) is 0 Å². The Balaban J connectivity index is 1.94. The number of alkyl halides is 6. The van der Waals surface area contributed by atoms with Crippen LogP contribution in [0, 0.1) is 17.1 Å². The summed E-state index contributed by atoms with van der Waals surface area (Å²) in [7, 11) is 0. The zero-order valence-electron chi connectivity index (χ0n) is 15.3. The molecule has 31 heavy (non-hydrogen) atoms. The molecule has 0 fully saturated rings. The highest BCUT2D eigenvalue weighted by Gasteiger charge is 2.36. The first-order valence-electron chi connectivity index (χ1n) is 8.47. The van der Waals surface area contributed by atoms with Gasteiger partial charge >= 0.3 is 12.4 Å². The van der Waals surface area contributed by atoms with Gasteiger partial charge in [0, 0.05) is 11.3 Å². The molecule has 0 saturated heterocycles. The second-order valence-electron chi connectivity index (χ2n) is 6.32. The molecule has 3 aromatic rings. The van der Waals surface area contributed by atoms with Crippen LogP contribution in [-0.2, 0) is 12.7 Å². The van der Waals surface area contributed by atoms with Crippen LogP contribution in [0.4, 0.5) is 36.4 Å². The number of aromatic nitrogens is 2. The van der Waals surface area contributed by atoms with Gasteiger partial charge in [0.25, 0.3) is 0 Å². The molecule has 162 valence electrons. The summed E-state index contributed by atoms with van der Waals surface area (Å²) in [5, 5.41) is 16.2. The number of rotatable bonds is 5. The smallest absolute Gasteiger partial charge is 0.417 e. The molecule has 0 radical (unpaired) electrons. The van der Waals surface area contributed by atoms with E-state index in [1.807, 2.05) is 0 Å². The molecular weight excluding hydrogens is 433 g/mol. The van der Waals surface area contributed by atoms with Crippen molar-refractivity contribution in [3.05, 3.63) is 65.3 Å². The number of benzene rings is 2. The zero-order chi connectivity index (χ0) is 22.8. The first-order valence-corrected chi connectivity index (χ1v) is 8.47. The van der Waals surface area contributed by atoms with Crippen molar-refractivity contribution in [1.29, 1.82) is 5.26 Å². The minimum absolute atomic E-state index is 0.0993. The molecule has 0 amide bonds. The first-order chi connectivity index (χ1) is 14.5. The van der Waals surface area contributed by atoms with Crippen LogP contribution in [0.15, 0.2) is 46.9 Å². The normalized spacial score (nSPS) is 11.9. The summed E-state index contributed by atoms with van der Waals surface area (Å²) in [4.78, 5) is 0.568. The van der Waals surface area contributed by atoms with Crippen molar-refractivity contribution in [2.45, 2.75) is 18.9 Å². The molecule has 12 heteroatoms. The Morgan fingerprint density at radius 2 is 1.65 bits per heavy atom. The van der Waals surface area contributed by atoms with E-state index in [1.54, 1.807) is 0 Å². The van der Waals surface area contributed by atoms with Gasteiger partial charge in [0.1, 0.15) is 12.4 Å². The van der Waals surface area contributed by atoms with E-state index in [9.17, 15) is 30.7 Å². The highest BCUT2D eigenvalue weighted by Crippen LogP contribution is 2.35. The lowest BCUT2D eigenvalue weighted by atomic mass is 10.1. The SMILES string of the molecule is N#Cc1ccc(N(Cc2nnc(-c3ccc(F)cc3)o2)CC(F)(F)F)cc1C(F)(F)F. The van der Waals surface area contributed by atoms with Gasteiger partial charge in [-0.2, -0.15) is 31.6 Å². The molecule has 0 saturated carbocycles. The number of hydrogen-bond acceptors (Lipinski definition) is 5. The first kappa shape index (κ1) is 22.1. The summed E-state index contributed by atoms with van der Waals surface area (Å²) in [5.41, 5.74) is -2.22. The fourth-order valence-corrected chi connectivity index (χ4v) is 2.71. The van der Waals surface area contributed by atoms with Crippen molar-refractivity contribution < 1.29 is 35.2 Å². The van der Waals surface area contributed by atoms with Crippen LogP contribution >= 0.6 is 0 Å². The van der Waals surface area contributed by atoms with Crippen molar-refractivity contribution in [1.82, 2.24) is 10.2 Å². The van der Waals surface area contributed by atoms with Crippen LogP contribution in [0.5, 0.6) is 0 Å². The minimum atomic E-state index is -4.94. The largest absolute Gasteiger partial charge is 0.419 e. The molecule has 1 aromatic heterocycles. The summed E-state index contributed by atoms with van der Waals surface area (Å²) < 4.78 is 97.1. The van der Waals surface area contributed by atoms with E-state index in [0.717, 1.165) is 24.3 Å². The Kier molecular flexibility index (Phi) is 5.88. The van der Waals surface area contributed by atoms with E-state index < -0.39 is 48.1 Å². The standard InChI is InChI=1S/C19H11F7N4O/c20-13-4-1-11(2-5-13)17-29-28-16(31-17)9-30(10-18(21,22)23)14-6-3-12(8-27)15(7-14)19(24,25)26/h1-7H,9-10H2. The molecule has 0 aliphatic heterocycles. The zero-order valence-corrected chi connectivity index (χ0v) is 15.3. The predicted octanol–water partition coefficient (Wildman–Crippen LogP) is 5.34. The Labute approximate surface area is 170 Å². The third-order valence-electron chi connectivity index (χ3n) is 4.05. The second-order valence-corrected chi connectivity index (χ2v) is 6.32. The summed E-state index contributed by atoms with van der Waals surface area (Å²) in [6.45, 7) is -2.26. The average molecular weight is 444 g/mol. The minimum Gasteiger partial charge on any atom is -0.419 e. The molecule has 5 nitrogen and oxygen atoms in total. The molecule has 0 aliphatic carbocycles. The summed E-state index contributed by atoms with van der Waals surface area (Å²) in [6, 6.07) is 8.45. The molecule has 0 atom stereocenters. The number of anilines is 1. The van der Waals surface area contributed by atoms with E-state index in [4.69, 9.17) is 9.68 Å². The van der Waals surface area contributed by atoms with E-state index in [2.05, 4.69) is 10.2 Å². The fraction of sp³-hybridized carbons (Fsp3) is 0.211. The molecule has 0 N–H and O–H groups in total. The molecule has 2 aromatic carbocycles. The van der Waals surface area contributed by atoms with Gasteiger partial charge in [0.15, 0.2) is 0 Å². The van der Waals surface area contributed by atoms with Gasteiger partial charge < -0.3 is 9.32 Å². The third kappa shape index (κ3) is 5.50. The number of nitriles is 1. The number of halogens is 7. The molecule has 1 heterocycles. The van der Waals surface area contributed by atoms with Crippen molar-refractivity contribution >= 4 is 5.69 Å². The monoisotopic (exact) mass is 444 g/mol. The van der Waals surface area contributed by atoms with E-state index in [0.29, 0.717) is 16.5 Å². The van der Waals surface area contributed by atoms with Gasteiger partial charge in [0.05, 0.1) is 23.7 Å². The quantitative estimate of drug-likeness (QED) is 0.498. The van der Waals surface area contributed by atoms with E-state index >= 15 is 0 Å². The van der Waals surface area contributed by atoms with Crippen LogP contribution in [0.2, 0.25) is 0 Å². The highest BCUT2D eigenvalue weighted by molar-refractivity contribution is 5.55. The average Bonchev–Trinajstić information content (AvgIpc) is 3.14. The Morgan fingerprint density at radius 1 is 0.968 bits per heavy atom. The van der Waals surface area contributed by atoms with Gasteiger partial charge in [0.2, 0.25) is 11.8 Å². The summed E-state index contributed by atoms with van der Waals surface area (Å²) in [5.74, 6) is -0.930. The fourth-order valence-electron chi connectivity index (χ4n) is 2.71.